The summed E-state index contributed by atoms with van der Waals surface area (Å²) in [6.07, 6.45) is 1.03. The molecule has 0 unspecified atom stereocenters. The molecule has 132 valence electrons. The van der Waals surface area contributed by atoms with E-state index < -0.39 is 5.60 Å². The summed E-state index contributed by atoms with van der Waals surface area (Å²) in [5, 5.41) is 9.90. The van der Waals surface area contributed by atoms with Gasteiger partial charge in [-0.3, -0.25) is 0 Å². The molecular weight excluding hydrogens is 321 g/mol. The first-order valence-electron chi connectivity index (χ1n) is 8.29. The normalized spacial score (nSPS) is 12.0. The van der Waals surface area contributed by atoms with Gasteiger partial charge in [-0.1, -0.05) is 12.1 Å². The van der Waals surface area contributed by atoms with Crippen LogP contribution in [-0.2, 0) is 13.0 Å². The van der Waals surface area contributed by atoms with Gasteiger partial charge in [-0.25, -0.2) is 19.3 Å². The molecule has 0 atom stereocenters. The van der Waals surface area contributed by atoms with Crippen LogP contribution in [0.4, 0.5) is 10.2 Å². The number of hydrogen-bond acceptors (Lipinski definition) is 5. The van der Waals surface area contributed by atoms with E-state index in [1.54, 1.807) is 26.0 Å². The monoisotopic (exact) mass is 343 g/mol. The van der Waals surface area contributed by atoms with Crippen LogP contribution in [0, 0.1) is 5.82 Å². The Hall–Kier alpha value is -2.54. The average molecular weight is 343 g/mol. The highest BCUT2D eigenvalue weighted by Gasteiger charge is 2.19. The lowest BCUT2D eigenvalue weighted by Crippen LogP contribution is -2.20. The Morgan fingerprint density at radius 2 is 2.00 bits per heavy atom. The fourth-order valence-electron chi connectivity index (χ4n) is 2.75. The van der Waals surface area contributed by atoms with Crippen molar-refractivity contribution < 1.29 is 9.50 Å². The zero-order valence-electron chi connectivity index (χ0n) is 14.6. The quantitative estimate of drug-likeness (QED) is 0.743. The van der Waals surface area contributed by atoms with Crippen LogP contribution in [0.3, 0.4) is 0 Å². The molecule has 7 heteroatoms. The van der Waals surface area contributed by atoms with Crippen LogP contribution in [-0.4, -0.2) is 30.2 Å². The van der Waals surface area contributed by atoms with Crippen LogP contribution in [0.1, 0.15) is 33.0 Å². The van der Waals surface area contributed by atoms with E-state index in [1.165, 1.54) is 12.1 Å². The van der Waals surface area contributed by atoms with Crippen LogP contribution >= 0.6 is 0 Å². The fourth-order valence-corrected chi connectivity index (χ4v) is 2.75. The number of halogens is 1. The van der Waals surface area contributed by atoms with Gasteiger partial charge in [0.1, 0.15) is 17.5 Å². The second-order valence-electron chi connectivity index (χ2n) is 6.70. The van der Waals surface area contributed by atoms with Gasteiger partial charge in [-0.05, 0) is 39.3 Å². The Kier molecular flexibility index (Phi) is 4.43. The van der Waals surface area contributed by atoms with Gasteiger partial charge < -0.3 is 15.4 Å². The topological polar surface area (TPSA) is 89.9 Å². The Morgan fingerprint density at radius 3 is 2.64 bits per heavy atom. The third kappa shape index (κ3) is 3.61. The zero-order chi connectivity index (χ0) is 18.2. The van der Waals surface area contributed by atoms with Gasteiger partial charge in [0.05, 0.1) is 5.60 Å². The summed E-state index contributed by atoms with van der Waals surface area (Å²) in [5.74, 6) is 1.14. The lowest BCUT2D eigenvalue weighted by molar-refractivity contribution is 0.0708. The molecule has 0 radical (unpaired) electrons. The number of nitrogen functional groups attached to an aromatic ring is 1. The highest BCUT2D eigenvalue weighted by molar-refractivity contribution is 5.85. The number of hydrogen-bond donors (Lipinski definition) is 2. The lowest BCUT2D eigenvalue weighted by Gasteiger charge is -2.16. The summed E-state index contributed by atoms with van der Waals surface area (Å²) in [7, 11) is 0. The van der Waals surface area contributed by atoms with Crippen molar-refractivity contribution in [3.8, 4) is 11.4 Å². The molecule has 25 heavy (non-hydrogen) atoms. The molecule has 6 nitrogen and oxygen atoms in total. The van der Waals surface area contributed by atoms with Gasteiger partial charge in [0.25, 0.3) is 0 Å². The van der Waals surface area contributed by atoms with Crippen LogP contribution in [0.5, 0.6) is 0 Å². The number of nitrogens with zero attached hydrogens (tertiary/aromatic N) is 4. The fraction of sp³-hybridized carbons (Fsp3) is 0.389. The van der Waals surface area contributed by atoms with Crippen molar-refractivity contribution in [2.75, 3.05) is 5.73 Å². The van der Waals surface area contributed by atoms with Crippen LogP contribution in [0.2, 0.25) is 0 Å². The standard InChI is InChI=1S/C18H22FN5O/c1-4-24-16(11-6-5-7-12(19)10-11)23-14-15(20)21-13(22-17(14)24)8-9-18(2,3)25/h5-7,10,25H,4,8-9H2,1-3H3,(H2,20,21,22). The number of aliphatic hydroxyl groups is 1. The van der Waals surface area contributed by atoms with E-state index in [-0.39, 0.29) is 5.82 Å². The second kappa shape index (κ2) is 6.40. The number of aromatic nitrogens is 4. The molecule has 0 fully saturated rings. The molecule has 1 aromatic carbocycles. The first-order valence-corrected chi connectivity index (χ1v) is 8.29. The molecule has 3 N–H and O–H groups in total. The zero-order valence-corrected chi connectivity index (χ0v) is 14.6. The molecular formula is C18H22FN5O. The van der Waals surface area contributed by atoms with Gasteiger partial charge in [0.2, 0.25) is 0 Å². The Morgan fingerprint density at radius 1 is 1.24 bits per heavy atom. The van der Waals surface area contributed by atoms with Gasteiger partial charge in [-0.2, -0.15) is 0 Å². The van der Waals surface area contributed by atoms with Crippen molar-refractivity contribution in [1.82, 2.24) is 19.5 Å². The molecule has 0 amide bonds. The molecule has 0 aliphatic heterocycles. The smallest absolute Gasteiger partial charge is 0.166 e. The minimum absolute atomic E-state index is 0.292. The molecule has 3 aromatic rings. The van der Waals surface area contributed by atoms with Crippen molar-refractivity contribution in [2.45, 2.75) is 45.8 Å². The minimum Gasteiger partial charge on any atom is -0.390 e. The van der Waals surface area contributed by atoms with Crippen molar-refractivity contribution in [3.63, 3.8) is 0 Å². The van der Waals surface area contributed by atoms with Crippen LogP contribution in [0.15, 0.2) is 24.3 Å². The van der Waals surface area contributed by atoms with Gasteiger partial charge in [0.15, 0.2) is 17.0 Å². The highest BCUT2D eigenvalue weighted by atomic mass is 19.1. The molecule has 3 rings (SSSR count). The summed E-state index contributed by atoms with van der Waals surface area (Å²) in [5.41, 5.74) is 7.07. The third-order valence-corrected chi connectivity index (χ3v) is 4.03. The molecule has 2 aromatic heterocycles. The summed E-state index contributed by atoms with van der Waals surface area (Å²) in [4.78, 5) is 13.4. The number of fused-ring (bicyclic) bond motifs is 1. The predicted molar refractivity (Wildman–Crippen MR) is 95.4 cm³/mol. The Labute approximate surface area is 145 Å². The summed E-state index contributed by atoms with van der Waals surface area (Å²) >= 11 is 0. The summed E-state index contributed by atoms with van der Waals surface area (Å²) in [6, 6.07) is 6.28. The van der Waals surface area contributed by atoms with E-state index in [2.05, 4.69) is 15.0 Å². The third-order valence-electron chi connectivity index (χ3n) is 4.03. The van der Waals surface area contributed by atoms with E-state index in [0.717, 1.165) is 0 Å². The lowest BCUT2D eigenvalue weighted by atomic mass is 10.0. The van der Waals surface area contributed by atoms with E-state index in [4.69, 9.17) is 5.73 Å². The van der Waals surface area contributed by atoms with E-state index in [1.807, 2.05) is 11.5 Å². The van der Waals surface area contributed by atoms with Crippen molar-refractivity contribution in [3.05, 3.63) is 35.9 Å². The molecule has 0 saturated heterocycles. The van der Waals surface area contributed by atoms with Gasteiger partial charge >= 0.3 is 0 Å². The first kappa shape index (κ1) is 17.3. The number of imidazole rings is 1. The van der Waals surface area contributed by atoms with Crippen molar-refractivity contribution >= 4 is 17.0 Å². The molecule has 0 saturated carbocycles. The molecule has 0 aliphatic rings. The van der Waals surface area contributed by atoms with Crippen LogP contribution in [0.25, 0.3) is 22.6 Å². The molecule has 2 heterocycles. The van der Waals surface area contributed by atoms with E-state index >= 15 is 0 Å². The second-order valence-corrected chi connectivity index (χ2v) is 6.70. The number of anilines is 1. The number of rotatable bonds is 5. The molecule has 0 bridgehead atoms. The summed E-state index contributed by atoms with van der Waals surface area (Å²) < 4.78 is 15.5. The predicted octanol–water partition coefficient (Wildman–Crippen LogP) is 2.94. The van der Waals surface area contributed by atoms with Crippen molar-refractivity contribution in [2.24, 2.45) is 0 Å². The first-order chi connectivity index (χ1) is 11.8. The SMILES string of the molecule is CCn1c(-c2cccc(F)c2)nc2c(N)nc(CCC(C)(C)O)nc21. The Balaban J connectivity index is 2.11. The number of nitrogens with two attached hydrogens (primary N) is 1. The maximum atomic E-state index is 13.6. The largest absolute Gasteiger partial charge is 0.390 e. The van der Waals surface area contributed by atoms with Gasteiger partial charge in [-0.15, -0.1) is 0 Å². The van der Waals surface area contributed by atoms with Crippen molar-refractivity contribution in [1.29, 1.82) is 0 Å². The maximum absolute atomic E-state index is 13.6. The average Bonchev–Trinajstić information content (AvgIpc) is 2.91. The number of benzene rings is 1. The maximum Gasteiger partial charge on any atom is 0.166 e. The Bertz CT molecular complexity index is 914. The highest BCUT2D eigenvalue weighted by Crippen LogP contribution is 2.27. The summed E-state index contributed by atoms with van der Waals surface area (Å²) in [6.45, 7) is 6.07. The van der Waals surface area contributed by atoms with Crippen LogP contribution < -0.4 is 5.73 Å². The van der Waals surface area contributed by atoms with Gasteiger partial charge in [0, 0.05) is 18.5 Å². The molecule has 0 spiro atoms. The molecule has 0 aliphatic carbocycles. The number of aryl methyl sites for hydroxylation is 2. The minimum atomic E-state index is -0.801. The van der Waals surface area contributed by atoms with E-state index in [9.17, 15) is 9.50 Å². The van der Waals surface area contributed by atoms with E-state index in [0.29, 0.717) is 53.6 Å².